The number of likely N-dealkylation sites (tertiary alicyclic amines) is 1. The van der Waals surface area contributed by atoms with Gasteiger partial charge in [0.15, 0.2) is 0 Å². The highest BCUT2D eigenvalue weighted by atomic mass is 16.4. The zero-order chi connectivity index (χ0) is 14.9. The Morgan fingerprint density at radius 1 is 1.15 bits per heavy atom. The molecule has 0 bridgehead atoms. The number of carbonyl (C=O) groups excluding carboxylic acids is 2. The molecule has 1 heterocycles. The van der Waals surface area contributed by atoms with Crippen molar-refractivity contribution in [1.29, 1.82) is 0 Å². The van der Waals surface area contributed by atoms with Crippen molar-refractivity contribution in [2.45, 2.75) is 45.1 Å². The van der Waals surface area contributed by atoms with Gasteiger partial charge in [-0.1, -0.05) is 0 Å². The molecule has 2 amide bonds. The van der Waals surface area contributed by atoms with Crippen LogP contribution in [0.5, 0.6) is 0 Å². The second kappa shape index (κ2) is 5.42. The summed E-state index contributed by atoms with van der Waals surface area (Å²) in [6, 6.07) is 0. The van der Waals surface area contributed by atoms with E-state index in [9.17, 15) is 14.4 Å². The Bertz CT molecular complexity index is 429. The van der Waals surface area contributed by atoms with Crippen molar-refractivity contribution in [3.05, 3.63) is 0 Å². The van der Waals surface area contributed by atoms with Gasteiger partial charge in [-0.05, 0) is 39.5 Å². The first-order chi connectivity index (χ1) is 9.31. The fraction of sp³-hybridized carbons (Fsp3) is 0.786. The van der Waals surface area contributed by atoms with E-state index in [4.69, 9.17) is 5.11 Å². The molecule has 112 valence electrons. The molecular weight excluding hydrogens is 260 g/mol. The third-order valence-electron chi connectivity index (χ3n) is 4.00. The number of nitrogens with one attached hydrogen (secondary N) is 1. The van der Waals surface area contributed by atoms with Gasteiger partial charge in [0.05, 0.1) is 5.92 Å². The van der Waals surface area contributed by atoms with Gasteiger partial charge >= 0.3 is 5.97 Å². The van der Waals surface area contributed by atoms with Gasteiger partial charge < -0.3 is 15.3 Å². The van der Waals surface area contributed by atoms with Gasteiger partial charge in [-0.15, -0.1) is 0 Å². The van der Waals surface area contributed by atoms with Crippen molar-refractivity contribution in [1.82, 2.24) is 10.2 Å². The number of hydrogen-bond donors (Lipinski definition) is 2. The van der Waals surface area contributed by atoms with E-state index < -0.39 is 11.5 Å². The summed E-state index contributed by atoms with van der Waals surface area (Å²) < 4.78 is 0. The van der Waals surface area contributed by atoms with Crippen LogP contribution in [0.15, 0.2) is 0 Å². The lowest BCUT2D eigenvalue weighted by molar-refractivity contribution is -0.147. The molecule has 1 unspecified atom stereocenters. The van der Waals surface area contributed by atoms with E-state index in [2.05, 4.69) is 5.32 Å². The second-order valence-corrected chi connectivity index (χ2v) is 6.32. The van der Waals surface area contributed by atoms with Gasteiger partial charge in [0.25, 0.3) is 0 Å². The van der Waals surface area contributed by atoms with Crippen molar-refractivity contribution in [2.75, 3.05) is 13.1 Å². The summed E-state index contributed by atoms with van der Waals surface area (Å²) in [6.07, 6.45) is 3.41. The Kier molecular flexibility index (Phi) is 4.01. The number of carbonyl (C=O) groups is 3. The van der Waals surface area contributed by atoms with Crippen LogP contribution in [0.4, 0.5) is 0 Å². The molecule has 0 aromatic heterocycles. The Morgan fingerprint density at radius 2 is 1.80 bits per heavy atom. The summed E-state index contributed by atoms with van der Waals surface area (Å²) in [4.78, 5) is 37.0. The molecule has 0 radical (unpaired) electrons. The number of hydrogen-bond acceptors (Lipinski definition) is 3. The first-order valence-electron chi connectivity index (χ1n) is 7.15. The Balaban J connectivity index is 1.92. The average molecular weight is 282 g/mol. The lowest BCUT2D eigenvalue weighted by atomic mass is 9.95. The van der Waals surface area contributed by atoms with Gasteiger partial charge in [-0.25, -0.2) is 4.79 Å². The van der Waals surface area contributed by atoms with Crippen LogP contribution in [0.1, 0.15) is 39.5 Å². The predicted octanol–water partition coefficient (Wildman–Crippen LogP) is 0.614. The monoisotopic (exact) mass is 282 g/mol. The quantitative estimate of drug-likeness (QED) is 0.791. The second-order valence-electron chi connectivity index (χ2n) is 6.32. The summed E-state index contributed by atoms with van der Waals surface area (Å²) in [6.45, 7) is 4.05. The molecule has 0 aromatic carbocycles. The van der Waals surface area contributed by atoms with E-state index in [-0.39, 0.29) is 23.7 Å². The number of carboxylic acids is 1. The molecule has 1 saturated heterocycles. The zero-order valence-corrected chi connectivity index (χ0v) is 12.0. The molecule has 1 atom stereocenters. The minimum atomic E-state index is -1.28. The standard InChI is InChI=1S/C14H22N2O4/c1-14(2,13(19)20)15-11(17)10-4-3-7-16(8-10)12(18)9-5-6-9/h9-10H,3-8H2,1-2H3,(H,15,17)(H,19,20). The van der Waals surface area contributed by atoms with E-state index in [0.29, 0.717) is 19.5 Å². The van der Waals surface area contributed by atoms with Crippen LogP contribution in [0.3, 0.4) is 0 Å². The molecule has 0 spiro atoms. The normalized spacial score (nSPS) is 23.3. The molecule has 20 heavy (non-hydrogen) atoms. The predicted molar refractivity (Wildman–Crippen MR) is 71.9 cm³/mol. The van der Waals surface area contributed by atoms with Crippen LogP contribution in [-0.4, -0.2) is 46.4 Å². The number of piperidine rings is 1. The van der Waals surface area contributed by atoms with Crippen LogP contribution in [0, 0.1) is 11.8 Å². The number of aliphatic carboxylic acids is 1. The van der Waals surface area contributed by atoms with Gasteiger partial charge in [0.2, 0.25) is 11.8 Å². The maximum absolute atomic E-state index is 12.2. The molecule has 0 aromatic rings. The molecule has 1 saturated carbocycles. The smallest absolute Gasteiger partial charge is 0.328 e. The largest absolute Gasteiger partial charge is 0.480 e. The SMILES string of the molecule is CC(C)(NC(=O)C1CCCN(C(=O)C2CC2)C1)C(=O)O. The molecule has 2 N–H and O–H groups in total. The molecule has 2 fully saturated rings. The van der Waals surface area contributed by atoms with Crippen LogP contribution >= 0.6 is 0 Å². The first kappa shape index (κ1) is 14.8. The molecular formula is C14H22N2O4. The van der Waals surface area contributed by atoms with Crippen LogP contribution in [0.25, 0.3) is 0 Å². The van der Waals surface area contributed by atoms with Crippen LogP contribution in [0.2, 0.25) is 0 Å². The van der Waals surface area contributed by atoms with Crippen molar-refractivity contribution in [3.63, 3.8) is 0 Å². The van der Waals surface area contributed by atoms with Gasteiger partial charge in [-0.3, -0.25) is 9.59 Å². The van der Waals surface area contributed by atoms with E-state index in [1.165, 1.54) is 13.8 Å². The molecule has 1 aliphatic carbocycles. The fourth-order valence-corrected chi connectivity index (χ4v) is 2.44. The van der Waals surface area contributed by atoms with E-state index in [1.54, 1.807) is 4.90 Å². The molecule has 2 rings (SSSR count). The Labute approximate surface area is 118 Å². The molecule has 6 nitrogen and oxygen atoms in total. The number of rotatable bonds is 4. The first-order valence-corrected chi connectivity index (χ1v) is 7.15. The number of nitrogens with zero attached hydrogens (tertiary/aromatic N) is 1. The minimum absolute atomic E-state index is 0.153. The average Bonchev–Trinajstić information content (AvgIpc) is 3.21. The molecule has 2 aliphatic rings. The van der Waals surface area contributed by atoms with Crippen molar-refractivity contribution in [3.8, 4) is 0 Å². The van der Waals surface area contributed by atoms with Gasteiger partial charge in [-0.2, -0.15) is 0 Å². The maximum Gasteiger partial charge on any atom is 0.328 e. The Morgan fingerprint density at radius 3 is 2.35 bits per heavy atom. The number of carboxylic acid groups (broad SMARTS) is 1. The Hall–Kier alpha value is -1.59. The minimum Gasteiger partial charge on any atom is -0.480 e. The third kappa shape index (κ3) is 3.29. The van der Waals surface area contributed by atoms with E-state index in [1.807, 2.05) is 0 Å². The van der Waals surface area contributed by atoms with Crippen molar-refractivity contribution in [2.24, 2.45) is 11.8 Å². The highest BCUT2D eigenvalue weighted by Gasteiger charge is 2.38. The summed E-state index contributed by atoms with van der Waals surface area (Å²) >= 11 is 0. The molecule has 6 heteroatoms. The summed E-state index contributed by atoms with van der Waals surface area (Å²) in [5.74, 6) is -1.32. The zero-order valence-electron chi connectivity index (χ0n) is 12.0. The lowest BCUT2D eigenvalue weighted by Gasteiger charge is -2.33. The van der Waals surface area contributed by atoms with Gasteiger partial charge in [0.1, 0.15) is 5.54 Å². The number of amides is 2. The highest BCUT2D eigenvalue weighted by Crippen LogP contribution is 2.32. The fourth-order valence-electron chi connectivity index (χ4n) is 2.44. The highest BCUT2D eigenvalue weighted by molar-refractivity contribution is 5.88. The van der Waals surface area contributed by atoms with E-state index >= 15 is 0 Å². The molecule has 1 aliphatic heterocycles. The van der Waals surface area contributed by atoms with E-state index in [0.717, 1.165) is 19.3 Å². The summed E-state index contributed by atoms with van der Waals surface area (Å²) in [5.41, 5.74) is -1.28. The lowest BCUT2D eigenvalue weighted by Crippen LogP contribution is -2.54. The summed E-state index contributed by atoms with van der Waals surface area (Å²) in [5, 5.41) is 11.6. The van der Waals surface area contributed by atoms with Crippen LogP contribution < -0.4 is 5.32 Å². The maximum atomic E-state index is 12.2. The van der Waals surface area contributed by atoms with Gasteiger partial charge in [0, 0.05) is 19.0 Å². The van der Waals surface area contributed by atoms with Crippen molar-refractivity contribution >= 4 is 17.8 Å². The van der Waals surface area contributed by atoms with Crippen molar-refractivity contribution < 1.29 is 19.5 Å². The topological polar surface area (TPSA) is 86.7 Å². The van der Waals surface area contributed by atoms with Crippen LogP contribution in [-0.2, 0) is 14.4 Å². The summed E-state index contributed by atoms with van der Waals surface area (Å²) in [7, 11) is 0. The third-order valence-corrected chi connectivity index (χ3v) is 4.00.